The molecular formula is C29H26N4O8. The van der Waals surface area contributed by atoms with Gasteiger partial charge in [-0.25, -0.2) is 15.3 Å². The van der Waals surface area contributed by atoms with Gasteiger partial charge >= 0.3 is 5.97 Å². The number of nitrogens with zero attached hydrogens (tertiary/aromatic N) is 2. The second kappa shape index (κ2) is 11.3. The van der Waals surface area contributed by atoms with Gasteiger partial charge in [0.1, 0.15) is 25.1 Å². The van der Waals surface area contributed by atoms with Crippen LogP contribution in [-0.4, -0.2) is 64.7 Å². The monoisotopic (exact) mass is 558 g/mol. The molecule has 0 aliphatic carbocycles. The third-order valence-corrected chi connectivity index (χ3v) is 6.82. The molecule has 1 saturated heterocycles. The molecule has 12 nitrogen and oxygen atoms in total. The molecule has 0 bridgehead atoms. The van der Waals surface area contributed by atoms with Crippen molar-refractivity contribution in [3.8, 4) is 28.5 Å². The van der Waals surface area contributed by atoms with Gasteiger partial charge in [0.05, 0.1) is 29.9 Å². The predicted molar refractivity (Wildman–Crippen MR) is 146 cm³/mol. The van der Waals surface area contributed by atoms with E-state index in [-0.39, 0.29) is 17.2 Å². The number of carbonyl (C=O) groups excluding carboxylic acids is 1. The Morgan fingerprint density at radius 3 is 2.59 bits per heavy atom. The van der Waals surface area contributed by atoms with Gasteiger partial charge in [0.15, 0.2) is 5.75 Å². The van der Waals surface area contributed by atoms with Crippen LogP contribution < -0.4 is 25.0 Å². The van der Waals surface area contributed by atoms with E-state index in [2.05, 4.69) is 15.3 Å². The summed E-state index contributed by atoms with van der Waals surface area (Å²) in [4.78, 5) is 32.9. The lowest BCUT2D eigenvalue weighted by Crippen LogP contribution is -2.26. The third-order valence-electron chi connectivity index (χ3n) is 6.82. The average molecular weight is 559 g/mol. The molecule has 0 saturated carbocycles. The maximum atomic E-state index is 12.2. The summed E-state index contributed by atoms with van der Waals surface area (Å²) in [5, 5.41) is 22.8. The van der Waals surface area contributed by atoms with E-state index < -0.39 is 11.9 Å². The first-order chi connectivity index (χ1) is 20.0. The molecule has 2 aromatic carbocycles. The number of carboxylic acid groups (broad SMARTS) is 1. The standard InChI is InChI=1S/C29H26N4O8/c34-27(33-37)18-11-23-24(31-15-18)12-16(22-1-4-30-28-26(22)39-7-8-40-28)13-25(23)32-19-9-17(29(35)36)10-21(14-19)41-20-2-5-38-6-3-20/h1,4,9-15,20,32,37H,2-3,5-8H2,(H,33,34)(H,35,36). The Labute approximate surface area is 233 Å². The molecule has 210 valence electrons. The van der Waals surface area contributed by atoms with Crippen molar-refractivity contribution in [1.29, 1.82) is 0 Å². The largest absolute Gasteiger partial charge is 0.490 e. The van der Waals surface area contributed by atoms with Crippen molar-refractivity contribution in [3.63, 3.8) is 0 Å². The zero-order valence-electron chi connectivity index (χ0n) is 21.8. The number of hydroxylamine groups is 1. The van der Waals surface area contributed by atoms with E-state index in [0.717, 1.165) is 11.1 Å². The molecular weight excluding hydrogens is 532 g/mol. The fourth-order valence-electron chi connectivity index (χ4n) is 4.86. The number of amides is 1. The van der Waals surface area contributed by atoms with E-state index >= 15 is 0 Å². The number of anilines is 2. The van der Waals surface area contributed by atoms with Crippen molar-refractivity contribution in [3.05, 3.63) is 66.0 Å². The number of hydrogen-bond acceptors (Lipinski definition) is 10. The quantitative estimate of drug-likeness (QED) is 0.190. The van der Waals surface area contributed by atoms with E-state index in [1.807, 2.05) is 12.1 Å². The number of carboxylic acids is 1. The van der Waals surface area contributed by atoms with Crippen LogP contribution in [0.2, 0.25) is 0 Å². The Morgan fingerprint density at radius 1 is 0.951 bits per heavy atom. The lowest BCUT2D eigenvalue weighted by Gasteiger charge is -2.24. The van der Waals surface area contributed by atoms with Crippen LogP contribution in [0.4, 0.5) is 11.4 Å². The first kappa shape index (κ1) is 26.3. The maximum absolute atomic E-state index is 12.2. The normalized spacial score (nSPS) is 14.9. The summed E-state index contributed by atoms with van der Waals surface area (Å²) in [5.74, 6) is -0.529. The fourth-order valence-corrected chi connectivity index (χ4v) is 4.86. The molecule has 0 radical (unpaired) electrons. The Bertz CT molecular complexity index is 1640. The van der Waals surface area contributed by atoms with Gasteiger partial charge in [-0.05, 0) is 42.0 Å². The molecule has 2 aliphatic rings. The number of benzene rings is 2. The van der Waals surface area contributed by atoms with Crippen LogP contribution in [0.15, 0.2) is 54.9 Å². The van der Waals surface area contributed by atoms with E-state index in [4.69, 9.17) is 24.2 Å². The number of aromatic nitrogens is 2. The zero-order valence-corrected chi connectivity index (χ0v) is 21.8. The van der Waals surface area contributed by atoms with E-state index in [1.165, 1.54) is 18.3 Å². The molecule has 2 aliphatic heterocycles. The summed E-state index contributed by atoms with van der Waals surface area (Å²) in [7, 11) is 0. The number of carbonyl (C=O) groups is 2. The molecule has 4 N–H and O–H groups in total. The lowest BCUT2D eigenvalue weighted by molar-refractivity contribution is 0.0255. The van der Waals surface area contributed by atoms with Gasteiger partial charge in [0, 0.05) is 53.6 Å². The highest BCUT2D eigenvalue weighted by atomic mass is 16.6. The first-order valence-electron chi connectivity index (χ1n) is 13.0. The molecule has 0 spiro atoms. The van der Waals surface area contributed by atoms with Gasteiger partial charge in [-0.1, -0.05) is 0 Å². The van der Waals surface area contributed by atoms with Gasteiger partial charge in [-0.2, -0.15) is 0 Å². The van der Waals surface area contributed by atoms with Crippen molar-refractivity contribution < 1.29 is 38.9 Å². The van der Waals surface area contributed by atoms with Crippen LogP contribution >= 0.6 is 0 Å². The van der Waals surface area contributed by atoms with Crippen molar-refractivity contribution in [2.24, 2.45) is 0 Å². The molecule has 2 aromatic heterocycles. The van der Waals surface area contributed by atoms with E-state index in [9.17, 15) is 14.7 Å². The van der Waals surface area contributed by atoms with Crippen LogP contribution in [0.3, 0.4) is 0 Å². The fraction of sp³-hybridized carbons (Fsp3) is 0.241. The highest BCUT2D eigenvalue weighted by Crippen LogP contribution is 2.41. The Hall–Kier alpha value is -4.94. The van der Waals surface area contributed by atoms with Crippen LogP contribution in [-0.2, 0) is 4.74 Å². The molecule has 1 fully saturated rings. The molecule has 12 heteroatoms. The molecule has 0 atom stereocenters. The van der Waals surface area contributed by atoms with Gasteiger partial charge in [-0.3, -0.25) is 15.0 Å². The number of rotatable bonds is 7. The summed E-state index contributed by atoms with van der Waals surface area (Å²) >= 11 is 0. The summed E-state index contributed by atoms with van der Waals surface area (Å²) in [5.41, 5.74) is 4.78. The van der Waals surface area contributed by atoms with Crippen molar-refractivity contribution in [1.82, 2.24) is 15.4 Å². The van der Waals surface area contributed by atoms with Crippen LogP contribution in [0.5, 0.6) is 17.4 Å². The Morgan fingerprint density at radius 2 is 1.78 bits per heavy atom. The smallest absolute Gasteiger partial charge is 0.335 e. The van der Waals surface area contributed by atoms with Crippen LogP contribution in [0.1, 0.15) is 33.6 Å². The summed E-state index contributed by atoms with van der Waals surface area (Å²) in [6, 6.07) is 11.8. The number of ether oxygens (including phenoxy) is 4. The van der Waals surface area contributed by atoms with E-state index in [1.54, 1.807) is 29.9 Å². The third kappa shape index (κ3) is 5.55. The van der Waals surface area contributed by atoms with Crippen molar-refractivity contribution in [2.75, 3.05) is 31.7 Å². The topological polar surface area (TPSA) is 161 Å². The number of nitrogens with one attached hydrogen (secondary N) is 2. The maximum Gasteiger partial charge on any atom is 0.335 e. The summed E-state index contributed by atoms with van der Waals surface area (Å²) in [6.45, 7) is 1.93. The van der Waals surface area contributed by atoms with Crippen molar-refractivity contribution >= 4 is 34.2 Å². The number of fused-ring (bicyclic) bond motifs is 2. The summed E-state index contributed by atoms with van der Waals surface area (Å²) < 4.78 is 23.0. The number of hydrogen-bond donors (Lipinski definition) is 4. The highest BCUT2D eigenvalue weighted by molar-refractivity contribution is 6.03. The van der Waals surface area contributed by atoms with Gasteiger partial charge in [0.25, 0.3) is 11.8 Å². The van der Waals surface area contributed by atoms with Crippen LogP contribution in [0.25, 0.3) is 22.0 Å². The minimum Gasteiger partial charge on any atom is -0.490 e. The second-order valence-corrected chi connectivity index (χ2v) is 9.55. The molecule has 4 aromatic rings. The first-order valence-corrected chi connectivity index (χ1v) is 13.0. The molecule has 41 heavy (non-hydrogen) atoms. The van der Waals surface area contributed by atoms with Gasteiger partial charge in [0.2, 0.25) is 0 Å². The zero-order chi connectivity index (χ0) is 28.3. The Kier molecular flexibility index (Phi) is 7.23. The van der Waals surface area contributed by atoms with Gasteiger partial charge in [-0.15, -0.1) is 0 Å². The molecule has 0 unspecified atom stereocenters. The Balaban J connectivity index is 1.46. The predicted octanol–water partition coefficient (Wildman–Crippen LogP) is 4.19. The van der Waals surface area contributed by atoms with Crippen LogP contribution in [0, 0.1) is 0 Å². The highest BCUT2D eigenvalue weighted by Gasteiger charge is 2.21. The molecule has 1 amide bonds. The SMILES string of the molecule is O=C(O)c1cc(Nc2cc(-c3ccnc4c3OCCO4)cc3ncc(C(=O)NO)cc23)cc(OC2CCOCC2)c1. The van der Waals surface area contributed by atoms with E-state index in [0.29, 0.717) is 78.9 Å². The minimum absolute atomic E-state index is 0.0461. The molecule has 6 rings (SSSR count). The van der Waals surface area contributed by atoms with Gasteiger partial charge < -0.3 is 29.4 Å². The summed E-state index contributed by atoms with van der Waals surface area (Å²) in [6.07, 6.45) is 4.30. The van der Waals surface area contributed by atoms with Crippen molar-refractivity contribution in [2.45, 2.75) is 18.9 Å². The number of aromatic carboxylic acids is 1. The number of pyridine rings is 2. The minimum atomic E-state index is -1.10. The lowest BCUT2D eigenvalue weighted by atomic mass is 10.0. The second-order valence-electron chi connectivity index (χ2n) is 9.55. The average Bonchev–Trinajstić information content (AvgIpc) is 3.00. The molecule has 4 heterocycles.